The van der Waals surface area contributed by atoms with Crippen LogP contribution >= 0.6 is 0 Å². The second-order valence-electron chi connectivity index (χ2n) is 4.17. The first-order chi connectivity index (χ1) is 8.70. The molecule has 0 radical (unpaired) electrons. The Hall–Kier alpha value is -1.92. The lowest BCUT2D eigenvalue weighted by Crippen LogP contribution is -2.15. The topological polar surface area (TPSA) is 55.6 Å². The first-order valence-electron chi connectivity index (χ1n) is 5.51. The van der Waals surface area contributed by atoms with E-state index in [2.05, 4.69) is 4.74 Å². The highest BCUT2D eigenvalue weighted by atomic mass is 19.4. The molecule has 106 valence electrons. The number of hydrogen-bond acceptors (Lipinski definition) is 4. The summed E-state index contributed by atoms with van der Waals surface area (Å²) in [4.78, 5) is 13.3. The number of rotatable bonds is 4. The fourth-order valence-corrected chi connectivity index (χ4v) is 1.43. The third kappa shape index (κ3) is 4.69. The first kappa shape index (κ1) is 15.1. The molecule has 19 heavy (non-hydrogen) atoms. The van der Waals surface area contributed by atoms with Crippen LogP contribution in [-0.4, -0.2) is 32.8 Å². The van der Waals surface area contributed by atoms with Gasteiger partial charge in [-0.15, -0.1) is 0 Å². The van der Waals surface area contributed by atoms with Gasteiger partial charge in [-0.05, 0) is 18.2 Å². The molecule has 7 heteroatoms. The van der Waals surface area contributed by atoms with Gasteiger partial charge in [0.05, 0.1) is 23.4 Å². The second kappa shape index (κ2) is 5.81. The predicted molar refractivity (Wildman–Crippen MR) is 66.1 cm³/mol. The number of nitrogen functional groups attached to an aromatic ring is 1. The van der Waals surface area contributed by atoms with Gasteiger partial charge in [-0.2, -0.15) is 13.2 Å². The number of benzene rings is 1. The molecule has 0 saturated heterocycles. The van der Waals surface area contributed by atoms with E-state index >= 15 is 0 Å². The van der Waals surface area contributed by atoms with Crippen molar-refractivity contribution in [3.05, 3.63) is 23.8 Å². The van der Waals surface area contributed by atoms with Crippen LogP contribution in [0.4, 0.5) is 24.5 Å². The van der Waals surface area contributed by atoms with E-state index in [9.17, 15) is 18.0 Å². The first-order valence-corrected chi connectivity index (χ1v) is 5.51. The van der Waals surface area contributed by atoms with Crippen LogP contribution in [0.1, 0.15) is 16.8 Å². The van der Waals surface area contributed by atoms with Crippen LogP contribution in [0.2, 0.25) is 0 Å². The van der Waals surface area contributed by atoms with Crippen LogP contribution < -0.4 is 10.6 Å². The van der Waals surface area contributed by atoms with Gasteiger partial charge in [0, 0.05) is 14.1 Å². The smallest absolute Gasteiger partial charge is 0.392 e. The van der Waals surface area contributed by atoms with Gasteiger partial charge in [0.15, 0.2) is 0 Å². The van der Waals surface area contributed by atoms with E-state index < -0.39 is 25.2 Å². The summed E-state index contributed by atoms with van der Waals surface area (Å²) in [5.41, 5.74) is 6.93. The van der Waals surface area contributed by atoms with Crippen LogP contribution in [0, 0.1) is 0 Å². The molecule has 1 rings (SSSR count). The summed E-state index contributed by atoms with van der Waals surface area (Å²) in [6.45, 7) is -0.697. The van der Waals surface area contributed by atoms with Gasteiger partial charge in [0.1, 0.15) is 6.61 Å². The SMILES string of the molecule is CN(C)c1ccc(C(=O)OCCC(F)(F)F)cc1N. The number of carbonyl (C=O) groups excluding carboxylic acids is 1. The van der Waals surface area contributed by atoms with Crippen molar-refractivity contribution in [2.45, 2.75) is 12.6 Å². The molecular formula is C12H15F3N2O2. The molecule has 0 fully saturated rings. The second-order valence-corrected chi connectivity index (χ2v) is 4.17. The number of ether oxygens (including phenoxy) is 1. The zero-order valence-corrected chi connectivity index (χ0v) is 10.6. The van der Waals surface area contributed by atoms with Crippen molar-refractivity contribution >= 4 is 17.3 Å². The number of nitrogens with zero attached hydrogens (tertiary/aromatic N) is 1. The molecule has 4 nitrogen and oxygen atoms in total. The van der Waals surface area contributed by atoms with E-state index in [1.807, 2.05) is 0 Å². The van der Waals surface area contributed by atoms with Crippen LogP contribution in [0.25, 0.3) is 0 Å². The maximum Gasteiger partial charge on any atom is 0.392 e. The predicted octanol–water partition coefficient (Wildman–Crippen LogP) is 2.44. The van der Waals surface area contributed by atoms with Gasteiger partial charge in [-0.1, -0.05) is 0 Å². The summed E-state index contributed by atoms with van der Waals surface area (Å²) in [6, 6.07) is 4.45. The van der Waals surface area contributed by atoms with Crippen molar-refractivity contribution in [3.63, 3.8) is 0 Å². The van der Waals surface area contributed by atoms with Crippen LogP contribution in [0.5, 0.6) is 0 Å². The molecule has 0 bridgehead atoms. The maximum absolute atomic E-state index is 11.9. The summed E-state index contributed by atoms with van der Waals surface area (Å²) >= 11 is 0. The summed E-state index contributed by atoms with van der Waals surface area (Å²) in [7, 11) is 3.57. The van der Waals surface area contributed by atoms with Gasteiger partial charge >= 0.3 is 12.1 Å². The summed E-state index contributed by atoms with van der Waals surface area (Å²) in [6.07, 6.45) is -5.50. The monoisotopic (exact) mass is 276 g/mol. The molecule has 0 amide bonds. The van der Waals surface area contributed by atoms with Crippen molar-refractivity contribution in [1.82, 2.24) is 0 Å². The number of nitrogens with two attached hydrogens (primary N) is 1. The molecule has 0 heterocycles. The molecule has 2 N–H and O–H groups in total. The number of alkyl halides is 3. The third-order valence-corrected chi connectivity index (χ3v) is 2.36. The highest BCUT2D eigenvalue weighted by Crippen LogP contribution is 2.23. The van der Waals surface area contributed by atoms with Crippen molar-refractivity contribution < 1.29 is 22.7 Å². The Labute approximate surface area is 108 Å². The fraction of sp³-hybridized carbons (Fsp3) is 0.417. The normalized spacial score (nSPS) is 11.2. The van der Waals surface area contributed by atoms with Gasteiger partial charge in [0.2, 0.25) is 0 Å². The average molecular weight is 276 g/mol. The molecule has 0 saturated carbocycles. The molecule has 0 aliphatic rings. The number of carbonyl (C=O) groups is 1. The largest absolute Gasteiger partial charge is 0.462 e. The average Bonchev–Trinajstić information content (AvgIpc) is 2.26. The van der Waals surface area contributed by atoms with Gasteiger partial charge < -0.3 is 15.4 Å². The quantitative estimate of drug-likeness (QED) is 0.678. The van der Waals surface area contributed by atoms with E-state index in [4.69, 9.17) is 5.73 Å². The van der Waals surface area contributed by atoms with E-state index in [1.165, 1.54) is 12.1 Å². The molecule has 0 aromatic heterocycles. The molecular weight excluding hydrogens is 261 g/mol. The minimum atomic E-state index is -4.34. The lowest BCUT2D eigenvalue weighted by atomic mass is 10.1. The zero-order valence-electron chi connectivity index (χ0n) is 10.6. The van der Waals surface area contributed by atoms with Crippen molar-refractivity contribution in [3.8, 4) is 0 Å². The van der Waals surface area contributed by atoms with Crippen LogP contribution in [0.15, 0.2) is 18.2 Å². The lowest BCUT2D eigenvalue weighted by molar-refractivity contribution is -0.141. The van der Waals surface area contributed by atoms with Crippen molar-refractivity contribution in [2.75, 3.05) is 31.3 Å². The van der Waals surface area contributed by atoms with Gasteiger partial charge in [0.25, 0.3) is 0 Å². The zero-order chi connectivity index (χ0) is 14.6. The Morgan fingerprint density at radius 2 is 2.00 bits per heavy atom. The van der Waals surface area contributed by atoms with Crippen molar-refractivity contribution in [1.29, 1.82) is 0 Å². The number of esters is 1. The lowest BCUT2D eigenvalue weighted by Gasteiger charge is -2.15. The standard InChI is InChI=1S/C12H15F3N2O2/c1-17(2)10-4-3-8(7-9(10)16)11(18)19-6-5-12(13,14)15/h3-4,7H,5-6,16H2,1-2H3. The van der Waals surface area contributed by atoms with Gasteiger partial charge in [-0.25, -0.2) is 4.79 Å². The van der Waals surface area contributed by atoms with Crippen LogP contribution in [0.3, 0.4) is 0 Å². The van der Waals surface area contributed by atoms with E-state index in [1.54, 1.807) is 25.1 Å². The summed E-state index contributed by atoms with van der Waals surface area (Å²) in [5, 5.41) is 0. The third-order valence-electron chi connectivity index (χ3n) is 2.36. The molecule has 0 spiro atoms. The molecule has 1 aromatic rings. The molecule has 0 unspecified atom stereocenters. The minimum Gasteiger partial charge on any atom is -0.462 e. The Morgan fingerprint density at radius 1 is 1.37 bits per heavy atom. The highest BCUT2D eigenvalue weighted by Gasteiger charge is 2.27. The van der Waals surface area contributed by atoms with E-state index in [0.717, 1.165) is 0 Å². The Kier molecular flexibility index (Phi) is 4.63. The molecule has 1 aromatic carbocycles. The highest BCUT2D eigenvalue weighted by molar-refractivity contribution is 5.92. The molecule has 0 aliphatic heterocycles. The number of hydrogen-bond donors (Lipinski definition) is 1. The minimum absolute atomic E-state index is 0.130. The van der Waals surface area contributed by atoms with E-state index in [-0.39, 0.29) is 5.56 Å². The van der Waals surface area contributed by atoms with Gasteiger partial charge in [-0.3, -0.25) is 0 Å². The van der Waals surface area contributed by atoms with E-state index in [0.29, 0.717) is 11.4 Å². The maximum atomic E-state index is 11.9. The number of halogens is 3. The van der Waals surface area contributed by atoms with Crippen molar-refractivity contribution in [2.24, 2.45) is 0 Å². The number of anilines is 2. The Bertz CT molecular complexity index is 459. The fourth-order valence-electron chi connectivity index (χ4n) is 1.43. The summed E-state index contributed by atoms with van der Waals surface area (Å²) in [5.74, 6) is -0.818. The molecule has 0 atom stereocenters. The van der Waals surface area contributed by atoms with Crippen LogP contribution in [-0.2, 0) is 4.74 Å². The molecule has 0 aliphatic carbocycles. The Balaban J connectivity index is 2.66. The Morgan fingerprint density at radius 3 is 2.47 bits per heavy atom. The summed E-state index contributed by atoms with van der Waals surface area (Å²) < 4.78 is 40.2.